The van der Waals surface area contributed by atoms with Crippen LogP contribution in [0.2, 0.25) is 0 Å². The number of halogens is 1. The number of unbranched alkanes of at least 4 members (excludes halogenated alkanes) is 1. The van der Waals surface area contributed by atoms with Gasteiger partial charge < -0.3 is 10.3 Å². The molecule has 1 unspecified atom stereocenters. The lowest BCUT2D eigenvalue weighted by Crippen LogP contribution is -2.29. The monoisotopic (exact) mass is 262 g/mol. The van der Waals surface area contributed by atoms with E-state index in [9.17, 15) is 0 Å². The molecule has 1 atom stereocenters. The number of nitrogens with one attached hydrogen (secondary N) is 2. The summed E-state index contributed by atoms with van der Waals surface area (Å²) in [7, 11) is 0. The van der Waals surface area contributed by atoms with Crippen LogP contribution in [0.1, 0.15) is 36.6 Å². The molecular weight excluding hydrogens is 244 g/mol. The van der Waals surface area contributed by atoms with Gasteiger partial charge in [-0.2, -0.15) is 0 Å². The summed E-state index contributed by atoms with van der Waals surface area (Å²) in [6.07, 6.45) is 4.60. The first kappa shape index (κ1) is 12.1. The predicted molar refractivity (Wildman–Crippen MR) is 77.3 cm³/mol. The smallest absolute Gasteiger partial charge is 0.0476 e. The van der Waals surface area contributed by atoms with Crippen LogP contribution in [0.4, 0.5) is 0 Å². The third-order valence-corrected chi connectivity index (χ3v) is 4.10. The average molecular weight is 263 g/mol. The van der Waals surface area contributed by atoms with Crippen LogP contribution in [0.3, 0.4) is 0 Å². The fourth-order valence-electron chi connectivity index (χ4n) is 2.95. The lowest BCUT2D eigenvalue weighted by molar-refractivity contribution is 0.454. The van der Waals surface area contributed by atoms with Crippen molar-refractivity contribution in [1.82, 2.24) is 10.3 Å². The highest BCUT2D eigenvalue weighted by Gasteiger charge is 2.22. The van der Waals surface area contributed by atoms with Crippen molar-refractivity contribution < 1.29 is 0 Å². The standard InChI is InChI=1S/C15H19ClN2/c16-9-4-3-7-14-15-12(8-10-17-14)11-5-1-2-6-13(11)18-15/h1-2,5-6,14,17-18H,3-4,7-10H2. The van der Waals surface area contributed by atoms with Gasteiger partial charge in [0.1, 0.15) is 0 Å². The number of hydrogen-bond donors (Lipinski definition) is 2. The summed E-state index contributed by atoms with van der Waals surface area (Å²) in [6, 6.07) is 9.10. The number of fused-ring (bicyclic) bond motifs is 3. The summed E-state index contributed by atoms with van der Waals surface area (Å²) >= 11 is 5.76. The molecule has 3 heteroatoms. The molecule has 1 aliphatic heterocycles. The molecule has 2 nitrogen and oxygen atoms in total. The van der Waals surface area contributed by atoms with E-state index in [1.54, 1.807) is 0 Å². The minimum Gasteiger partial charge on any atom is -0.357 e. The zero-order valence-electron chi connectivity index (χ0n) is 10.5. The molecule has 1 aliphatic rings. The molecule has 2 aromatic rings. The van der Waals surface area contributed by atoms with Gasteiger partial charge in [-0.15, -0.1) is 11.6 Å². The molecule has 0 saturated carbocycles. The highest BCUT2D eigenvalue weighted by Crippen LogP contribution is 2.32. The summed E-state index contributed by atoms with van der Waals surface area (Å²) in [6.45, 7) is 1.08. The van der Waals surface area contributed by atoms with Crippen molar-refractivity contribution in [3.8, 4) is 0 Å². The highest BCUT2D eigenvalue weighted by molar-refractivity contribution is 6.17. The number of aromatic amines is 1. The number of rotatable bonds is 4. The molecule has 0 amide bonds. The predicted octanol–water partition coefficient (Wildman–Crippen LogP) is 3.76. The van der Waals surface area contributed by atoms with E-state index in [1.165, 1.54) is 35.0 Å². The Hall–Kier alpha value is -0.990. The maximum Gasteiger partial charge on any atom is 0.0476 e. The molecule has 18 heavy (non-hydrogen) atoms. The molecule has 0 aliphatic carbocycles. The number of hydrogen-bond acceptors (Lipinski definition) is 1. The van der Waals surface area contributed by atoms with Crippen molar-refractivity contribution >= 4 is 22.5 Å². The van der Waals surface area contributed by atoms with Crippen LogP contribution in [0, 0.1) is 0 Å². The summed E-state index contributed by atoms with van der Waals surface area (Å²) < 4.78 is 0. The Balaban J connectivity index is 1.90. The summed E-state index contributed by atoms with van der Waals surface area (Å²) in [5.74, 6) is 0.770. The molecule has 2 N–H and O–H groups in total. The Bertz CT molecular complexity index is 532. The Morgan fingerprint density at radius 3 is 3.00 bits per heavy atom. The second kappa shape index (κ2) is 5.33. The Labute approximate surface area is 113 Å². The highest BCUT2D eigenvalue weighted by atomic mass is 35.5. The van der Waals surface area contributed by atoms with E-state index in [1.807, 2.05) is 0 Å². The minimum atomic E-state index is 0.476. The Morgan fingerprint density at radius 1 is 1.22 bits per heavy atom. The molecule has 0 radical (unpaired) electrons. The van der Waals surface area contributed by atoms with Gasteiger partial charge in [-0.25, -0.2) is 0 Å². The molecule has 1 aromatic carbocycles. The van der Waals surface area contributed by atoms with E-state index in [4.69, 9.17) is 11.6 Å². The first-order valence-electron chi connectivity index (χ1n) is 6.79. The van der Waals surface area contributed by atoms with Gasteiger partial charge in [0.2, 0.25) is 0 Å². The average Bonchev–Trinajstić information content (AvgIpc) is 2.79. The van der Waals surface area contributed by atoms with Crippen LogP contribution in [0.15, 0.2) is 24.3 Å². The van der Waals surface area contributed by atoms with Crippen molar-refractivity contribution in [3.63, 3.8) is 0 Å². The maximum atomic E-state index is 5.76. The second-order valence-electron chi connectivity index (χ2n) is 5.00. The van der Waals surface area contributed by atoms with E-state index in [0.29, 0.717) is 6.04 Å². The van der Waals surface area contributed by atoms with Crippen molar-refractivity contribution in [2.75, 3.05) is 12.4 Å². The Morgan fingerprint density at radius 2 is 2.11 bits per heavy atom. The number of H-pyrrole nitrogens is 1. The van der Waals surface area contributed by atoms with Gasteiger partial charge in [0.05, 0.1) is 0 Å². The van der Waals surface area contributed by atoms with E-state index in [-0.39, 0.29) is 0 Å². The summed E-state index contributed by atoms with van der Waals surface area (Å²) in [5.41, 5.74) is 4.19. The van der Waals surface area contributed by atoms with Crippen LogP contribution in [-0.4, -0.2) is 17.4 Å². The molecule has 0 bridgehead atoms. The summed E-state index contributed by atoms with van der Waals surface area (Å²) in [4.78, 5) is 3.60. The van der Waals surface area contributed by atoms with E-state index < -0.39 is 0 Å². The fourth-order valence-corrected chi connectivity index (χ4v) is 3.14. The molecule has 0 saturated heterocycles. The number of alkyl halides is 1. The topological polar surface area (TPSA) is 27.8 Å². The SMILES string of the molecule is ClCCCCC1NCCc2c1[nH]c1ccccc21. The minimum absolute atomic E-state index is 0.476. The van der Waals surface area contributed by atoms with Gasteiger partial charge in [0.25, 0.3) is 0 Å². The van der Waals surface area contributed by atoms with Crippen molar-refractivity contribution in [1.29, 1.82) is 0 Å². The maximum absolute atomic E-state index is 5.76. The lowest BCUT2D eigenvalue weighted by atomic mass is 9.96. The van der Waals surface area contributed by atoms with Gasteiger partial charge in [-0.05, 0) is 37.4 Å². The van der Waals surface area contributed by atoms with E-state index in [2.05, 4.69) is 34.6 Å². The third kappa shape index (κ3) is 2.15. The van der Waals surface area contributed by atoms with Crippen LogP contribution in [-0.2, 0) is 6.42 Å². The number of para-hydroxylation sites is 1. The van der Waals surface area contributed by atoms with Gasteiger partial charge in [-0.3, -0.25) is 0 Å². The third-order valence-electron chi connectivity index (χ3n) is 3.84. The van der Waals surface area contributed by atoms with Crippen LogP contribution >= 0.6 is 11.6 Å². The van der Waals surface area contributed by atoms with Crippen LogP contribution in [0.5, 0.6) is 0 Å². The Kier molecular flexibility index (Phi) is 3.57. The molecule has 1 aromatic heterocycles. The first-order chi connectivity index (χ1) is 8.90. The normalized spacial score (nSPS) is 19.1. The van der Waals surface area contributed by atoms with Crippen LogP contribution < -0.4 is 5.32 Å². The quantitative estimate of drug-likeness (QED) is 0.637. The molecule has 2 heterocycles. The first-order valence-corrected chi connectivity index (χ1v) is 7.32. The number of benzene rings is 1. The van der Waals surface area contributed by atoms with Gasteiger partial charge in [0.15, 0.2) is 0 Å². The number of aromatic nitrogens is 1. The van der Waals surface area contributed by atoms with Gasteiger partial charge in [-0.1, -0.05) is 24.6 Å². The second-order valence-corrected chi connectivity index (χ2v) is 5.38. The zero-order valence-corrected chi connectivity index (χ0v) is 11.3. The molecule has 96 valence electrons. The molecular formula is C15H19ClN2. The molecule has 0 fully saturated rings. The fraction of sp³-hybridized carbons (Fsp3) is 0.467. The molecule has 3 rings (SSSR count). The lowest BCUT2D eigenvalue weighted by Gasteiger charge is -2.24. The van der Waals surface area contributed by atoms with Crippen molar-refractivity contribution in [2.45, 2.75) is 31.7 Å². The van der Waals surface area contributed by atoms with Crippen LogP contribution in [0.25, 0.3) is 10.9 Å². The van der Waals surface area contributed by atoms with Gasteiger partial charge in [0, 0.05) is 28.5 Å². The van der Waals surface area contributed by atoms with E-state index >= 15 is 0 Å². The van der Waals surface area contributed by atoms with Crippen molar-refractivity contribution in [3.05, 3.63) is 35.5 Å². The van der Waals surface area contributed by atoms with Crippen molar-refractivity contribution in [2.24, 2.45) is 0 Å². The van der Waals surface area contributed by atoms with E-state index in [0.717, 1.165) is 25.3 Å². The van der Waals surface area contributed by atoms with Gasteiger partial charge >= 0.3 is 0 Å². The zero-order chi connectivity index (χ0) is 12.4. The molecule has 0 spiro atoms. The largest absolute Gasteiger partial charge is 0.357 e. The summed E-state index contributed by atoms with van der Waals surface area (Å²) in [5, 5.41) is 5.02.